The van der Waals surface area contributed by atoms with Crippen LogP contribution in [0.15, 0.2) is 4.42 Å². The molecule has 0 aliphatic carbocycles. The van der Waals surface area contributed by atoms with Gasteiger partial charge in [-0.15, -0.1) is 16.4 Å². The van der Waals surface area contributed by atoms with E-state index in [2.05, 4.69) is 0 Å². The molecule has 0 aliphatic heterocycles. The van der Waals surface area contributed by atoms with E-state index in [1.807, 2.05) is 0 Å². The summed E-state index contributed by atoms with van der Waals surface area (Å²) in [6.45, 7) is 0. The van der Waals surface area contributed by atoms with Gasteiger partial charge in [-0.05, 0) is 5.46 Å². The monoisotopic (exact) mass is 282 g/mol. The van der Waals surface area contributed by atoms with Gasteiger partial charge in [0.15, 0.2) is 0 Å². The summed E-state index contributed by atoms with van der Waals surface area (Å²) in [4.78, 5) is 0. The molecule has 0 atom stereocenters. The van der Waals surface area contributed by atoms with Crippen LogP contribution in [0.25, 0.3) is 21.9 Å². The molecule has 0 saturated carbocycles. The Kier molecular flexibility index (Phi) is 3.85. The molecule has 0 aliphatic rings. The van der Waals surface area contributed by atoms with Crippen molar-refractivity contribution in [3.63, 3.8) is 0 Å². The van der Waals surface area contributed by atoms with Crippen LogP contribution >= 0.6 is 0 Å². The Balaban J connectivity index is 2.67. The first-order valence-electron chi connectivity index (χ1n) is 6.48. The highest BCUT2D eigenvalue weighted by Gasteiger charge is 2.24. The van der Waals surface area contributed by atoms with E-state index in [1.54, 1.807) is 0 Å². The van der Waals surface area contributed by atoms with Gasteiger partial charge in [-0.3, -0.25) is 0 Å². The van der Waals surface area contributed by atoms with Crippen molar-refractivity contribution in [2.24, 2.45) is 0 Å². The van der Waals surface area contributed by atoms with Gasteiger partial charge in [0.1, 0.15) is 66.1 Å². The third-order valence-electron chi connectivity index (χ3n) is 3.94. The summed E-state index contributed by atoms with van der Waals surface area (Å²) >= 11 is 0. The van der Waals surface area contributed by atoms with Gasteiger partial charge in [0, 0.05) is 10.8 Å². The molecule has 2 N–H and O–H groups in total. The highest BCUT2D eigenvalue weighted by atomic mass is 16.4. The zero-order valence-corrected chi connectivity index (χ0v) is 11.9. The van der Waals surface area contributed by atoms with Crippen LogP contribution in [0.1, 0.15) is 0 Å². The van der Waals surface area contributed by atoms with Crippen molar-refractivity contribution in [1.82, 2.24) is 0 Å². The maximum absolute atomic E-state index is 9.45. The summed E-state index contributed by atoms with van der Waals surface area (Å²) in [6, 6.07) is 0. The first-order chi connectivity index (χ1) is 10.7. The van der Waals surface area contributed by atoms with Gasteiger partial charge in [0.25, 0.3) is 0 Å². The molecule has 1 aromatic heterocycles. The molecule has 0 spiro atoms. The minimum atomic E-state index is -1.93. The number of benzene rings is 2. The molecule has 0 amide bonds. The van der Waals surface area contributed by atoms with Crippen molar-refractivity contribution in [1.29, 1.82) is 0 Å². The fourth-order valence-electron chi connectivity index (χ4n) is 2.70. The fourth-order valence-corrected chi connectivity index (χ4v) is 2.70. The number of furan rings is 1. The maximum atomic E-state index is 9.45. The molecule has 3 rings (SSSR count). The number of hydrogen-bond donors (Lipinski definition) is 2. The summed E-state index contributed by atoms with van der Waals surface area (Å²) in [6.07, 6.45) is 0. The second-order valence-corrected chi connectivity index (χ2v) is 5.19. The normalized spacial score (nSPS) is 11.4. The van der Waals surface area contributed by atoms with E-state index in [9.17, 15) is 10.0 Å². The van der Waals surface area contributed by atoms with E-state index in [-0.39, 0.29) is 60.3 Å². The predicted molar refractivity (Wildman–Crippen MR) is 101 cm³/mol. The second kappa shape index (κ2) is 5.35. The van der Waals surface area contributed by atoms with E-state index >= 15 is 0 Å². The van der Waals surface area contributed by atoms with Crippen molar-refractivity contribution >= 4 is 128 Å². The highest BCUT2D eigenvalue weighted by Crippen LogP contribution is 2.21. The smallest absolute Gasteiger partial charge is 0.457 e. The molecular weight excluding hydrogens is 279 g/mol. The quantitative estimate of drug-likeness (QED) is 0.436. The Bertz CT molecular complexity index is 978. The van der Waals surface area contributed by atoms with Gasteiger partial charge in [0.2, 0.25) is 0 Å². The molecule has 11 heteroatoms. The minimum absolute atomic E-state index is 0.0197. The zero-order valence-electron chi connectivity index (χ0n) is 11.9. The van der Waals surface area contributed by atoms with Gasteiger partial charge in [-0.2, -0.15) is 0 Å². The molecule has 1 heterocycles. The molecule has 0 unspecified atom stereocenters. The van der Waals surface area contributed by atoms with Crippen molar-refractivity contribution in [2.75, 3.05) is 0 Å². The van der Waals surface area contributed by atoms with E-state index in [4.69, 9.17) is 59.3 Å². The van der Waals surface area contributed by atoms with Crippen LogP contribution < -0.4 is 43.7 Å². The Morgan fingerprint density at radius 1 is 0.565 bits per heavy atom. The lowest BCUT2D eigenvalue weighted by atomic mass is 9.60. The third-order valence-corrected chi connectivity index (χ3v) is 3.94. The molecular formula is C12H2B8O3. The van der Waals surface area contributed by atoms with Crippen LogP contribution in [0.5, 0.6) is 0 Å². The van der Waals surface area contributed by atoms with Crippen molar-refractivity contribution in [3.8, 4) is 0 Å². The Labute approximate surface area is 142 Å². The minimum Gasteiger partial charge on any atom is -0.457 e. The number of fused-ring (bicyclic) bond motifs is 3. The van der Waals surface area contributed by atoms with Gasteiger partial charge in [-0.1, -0.05) is 21.9 Å². The van der Waals surface area contributed by atoms with Gasteiger partial charge in [0.05, 0.1) is 0 Å². The molecule has 92 valence electrons. The molecule has 0 saturated heterocycles. The van der Waals surface area contributed by atoms with Crippen LogP contribution in [-0.4, -0.2) is 72.1 Å². The number of rotatable bonds is 1. The third kappa shape index (κ3) is 2.10. The maximum Gasteiger partial charge on any atom is 0.487 e. The van der Waals surface area contributed by atoms with E-state index in [1.165, 1.54) is 0 Å². The molecule has 3 nitrogen and oxygen atoms in total. The summed E-state index contributed by atoms with van der Waals surface area (Å²) in [5.41, 5.74) is 0.236. The first kappa shape index (κ1) is 16.5. The largest absolute Gasteiger partial charge is 0.487 e. The van der Waals surface area contributed by atoms with E-state index < -0.39 is 7.12 Å². The van der Waals surface area contributed by atoms with E-state index in [0.29, 0.717) is 5.39 Å². The summed E-state index contributed by atoms with van der Waals surface area (Å²) in [5.74, 6) is 0. The summed E-state index contributed by atoms with van der Waals surface area (Å²) < 4.78 is 5.63. The number of hydrogen-bond acceptors (Lipinski definition) is 3. The molecule has 2 aromatic carbocycles. The standard InChI is InChI=1S/C12H2B8O3/c13-3-1-2-4(14)7(17)10(20(21)22)9(19)12(2)23-11(1)8(18)6(16)5(3)15/h21-22H. The van der Waals surface area contributed by atoms with Gasteiger partial charge >= 0.3 is 7.12 Å². The Morgan fingerprint density at radius 3 is 1.52 bits per heavy atom. The first-order valence-corrected chi connectivity index (χ1v) is 6.48. The van der Waals surface area contributed by atoms with Crippen LogP contribution in [0.2, 0.25) is 0 Å². The van der Waals surface area contributed by atoms with E-state index in [0.717, 1.165) is 0 Å². The lowest BCUT2D eigenvalue weighted by molar-refractivity contribution is 0.426. The highest BCUT2D eigenvalue weighted by molar-refractivity contribution is 6.76. The van der Waals surface area contributed by atoms with Gasteiger partial charge in [-0.25, -0.2) is 0 Å². The van der Waals surface area contributed by atoms with Crippen molar-refractivity contribution in [3.05, 3.63) is 0 Å². The average molecular weight is 281 g/mol. The van der Waals surface area contributed by atoms with Crippen LogP contribution in [0, 0.1) is 0 Å². The average Bonchev–Trinajstić information content (AvgIpc) is 2.89. The summed E-state index contributed by atoms with van der Waals surface area (Å²) in [5, 5.41) is 19.5. The topological polar surface area (TPSA) is 53.6 Å². The van der Waals surface area contributed by atoms with Crippen molar-refractivity contribution < 1.29 is 14.5 Å². The SMILES string of the molecule is [B]c1c([B])c([B])c2c(oc3c([B])c(B(O)O)c([B])c([B])c32)c1[B]. The van der Waals surface area contributed by atoms with Crippen molar-refractivity contribution in [2.45, 2.75) is 0 Å². The Hall–Kier alpha value is -1.32. The lowest BCUT2D eigenvalue weighted by Gasteiger charge is -2.15. The molecule has 14 radical (unpaired) electrons. The zero-order chi connectivity index (χ0) is 17.2. The molecule has 0 bridgehead atoms. The van der Waals surface area contributed by atoms with Gasteiger partial charge < -0.3 is 14.5 Å². The van der Waals surface area contributed by atoms with Crippen LogP contribution in [0.4, 0.5) is 0 Å². The van der Waals surface area contributed by atoms with Crippen LogP contribution in [-0.2, 0) is 0 Å². The summed E-state index contributed by atoms with van der Waals surface area (Å²) in [7, 11) is 39.5. The molecule has 3 aromatic rings. The molecule has 0 fully saturated rings. The second-order valence-electron chi connectivity index (χ2n) is 5.19. The Morgan fingerprint density at radius 2 is 1.00 bits per heavy atom. The lowest BCUT2D eigenvalue weighted by Crippen LogP contribution is -2.56. The molecule has 23 heavy (non-hydrogen) atoms. The van der Waals surface area contributed by atoms with Crippen LogP contribution in [0.3, 0.4) is 0 Å². The predicted octanol–water partition coefficient (Wildman–Crippen LogP) is -7.18. The fraction of sp³-hybridized carbons (Fsp3) is 0.